The predicted molar refractivity (Wildman–Crippen MR) is 102 cm³/mol. The number of benzene rings is 2. The second kappa shape index (κ2) is 6.86. The van der Waals surface area contributed by atoms with E-state index in [9.17, 15) is 0 Å². The van der Waals surface area contributed by atoms with Gasteiger partial charge in [-0.05, 0) is 42.5 Å². The van der Waals surface area contributed by atoms with Gasteiger partial charge in [-0.3, -0.25) is 4.90 Å². The van der Waals surface area contributed by atoms with Gasteiger partial charge < -0.3 is 10.2 Å². The van der Waals surface area contributed by atoms with Crippen molar-refractivity contribution in [2.45, 2.75) is 31.8 Å². The lowest BCUT2D eigenvalue weighted by molar-refractivity contribution is 0.211. The standard InChI is InChI=1S/C21H27N3/c1-23-12-9-18-7-8-20(15-21(18)23)22-19-10-13-24(14-11-19)16-17-5-3-2-4-6-17/h2-8,15,19,22H,9-14,16H2,1H3. The van der Waals surface area contributed by atoms with Gasteiger partial charge in [0.1, 0.15) is 0 Å². The molecule has 1 saturated heterocycles. The number of piperidine rings is 1. The molecule has 2 aromatic rings. The van der Waals surface area contributed by atoms with Gasteiger partial charge in [-0.1, -0.05) is 36.4 Å². The van der Waals surface area contributed by atoms with E-state index in [1.807, 2.05) is 0 Å². The van der Waals surface area contributed by atoms with Crippen LogP contribution in [0.4, 0.5) is 11.4 Å². The van der Waals surface area contributed by atoms with Crippen LogP contribution in [0.3, 0.4) is 0 Å². The van der Waals surface area contributed by atoms with Crippen LogP contribution >= 0.6 is 0 Å². The zero-order valence-electron chi connectivity index (χ0n) is 14.5. The Kier molecular flexibility index (Phi) is 4.44. The van der Waals surface area contributed by atoms with E-state index in [-0.39, 0.29) is 0 Å². The number of hydrogen-bond donors (Lipinski definition) is 1. The van der Waals surface area contributed by atoms with Crippen LogP contribution in [0.25, 0.3) is 0 Å². The van der Waals surface area contributed by atoms with Gasteiger partial charge in [0.05, 0.1) is 0 Å². The first kappa shape index (κ1) is 15.5. The fourth-order valence-electron chi connectivity index (χ4n) is 3.94. The lowest BCUT2D eigenvalue weighted by atomic mass is 10.0. The lowest BCUT2D eigenvalue weighted by Gasteiger charge is -2.33. The van der Waals surface area contributed by atoms with Gasteiger partial charge in [-0.15, -0.1) is 0 Å². The van der Waals surface area contributed by atoms with Crippen molar-refractivity contribution >= 4 is 11.4 Å². The molecule has 1 fully saturated rings. The van der Waals surface area contributed by atoms with Gasteiger partial charge in [-0.2, -0.15) is 0 Å². The van der Waals surface area contributed by atoms with Gasteiger partial charge in [0.25, 0.3) is 0 Å². The molecule has 2 heterocycles. The molecule has 0 spiro atoms. The van der Waals surface area contributed by atoms with Gasteiger partial charge in [0.2, 0.25) is 0 Å². The quantitative estimate of drug-likeness (QED) is 0.925. The largest absolute Gasteiger partial charge is 0.382 e. The van der Waals surface area contributed by atoms with Crippen LogP contribution in [-0.2, 0) is 13.0 Å². The van der Waals surface area contributed by atoms with Crippen molar-refractivity contribution in [3.8, 4) is 0 Å². The Morgan fingerprint density at radius 1 is 1.00 bits per heavy atom. The maximum absolute atomic E-state index is 3.76. The van der Waals surface area contributed by atoms with E-state index in [2.05, 4.69) is 70.7 Å². The number of anilines is 2. The van der Waals surface area contributed by atoms with Crippen molar-refractivity contribution in [3.63, 3.8) is 0 Å². The summed E-state index contributed by atoms with van der Waals surface area (Å²) in [6.45, 7) is 4.59. The highest BCUT2D eigenvalue weighted by Crippen LogP contribution is 2.30. The topological polar surface area (TPSA) is 18.5 Å². The Balaban J connectivity index is 1.31. The van der Waals surface area contributed by atoms with Crippen LogP contribution in [0.2, 0.25) is 0 Å². The van der Waals surface area contributed by atoms with Crippen LogP contribution in [0.15, 0.2) is 48.5 Å². The summed E-state index contributed by atoms with van der Waals surface area (Å²) in [4.78, 5) is 4.94. The molecular formula is C21H27N3. The Labute approximate surface area is 145 Å². The molecule has 3 heteroatoms. The molecule has 126 valence electrons. The third kappa shape index (κ3) is 3.41. The minimum Gasteiger partial charge on any atom is -0.382 e. The number of likely N-dealkylation sites (N-methyl/N-ethyl adjacent to an activating group) is 1. The first-order valence-electron chi connectivity index (χ1n) is 9.15. The number of rotatable bonds is 4. The number of likely N-dealkylation sites (tertiary alicyclic amines) is 1. The monoisotopic (exact) mass is 321 g/mol. The van der Waals surface area contributed by atoms with Crippen molar-refractivity contribution in [2.75, 3.05) is 36.9 Å². The van der Waals surface area contributed by atoms with Crippen LogP contribution in [0.1, 0.15) is 24.0 Å². The molecule has 4 rings (SSSR count). The SMILES string of the molecule is CN1CCc2ccc(NC3CCN(Cc4ccccc4)CC3)cc21. The van der Waals surface area contributed by atoms with Gasteiger partial charge in [-0.25, -0.2) is 0 Å². The third-order valence-corrected chi connectivity index (χ3v) is 5.42. The molecule has 0 radical (unpaired) electrons. The summed E-state index contributed by atoms with van der Waals surface area (Å²) < 4.78 is 0. The Hall–Kier alpha value is -2.00. The van der Waals surface area contributed by atoms with Crippen molar-refractivity contribution in [2.24, 2.45) is 0 Å². The molecule has 2 aliphatic heterocycles. The average Bonchev–Trinajstić information content (AvgIpc) is 2.98. The number of nitrogens with zero attached hydrogens (tertiary/aromatic N) is 2. The number of nitrogens with one attached hydrogen (secondary N) is 1. The molecule has 0 saturated carbocycles. The summed E-state index contributed by atoms with van der Waals surface area (Å²) in [7, 11) is 2.19. The second-order valence-electron chi connectivity index (χ2n) is 7.20. The molecule has 3 nitrogen and oxygen atoms in total. The molecule has 24 heavy (non-hydrogen) atoms. The number of fused-ring (bicyclic) bond motifs is 1. The smallest absolute Gasteiger partial charge is 0.0417 e. The molecule has 2 aromatic carbocycles. The molecule has 0 bridgehead atoms. The minimum absolute atomic E-state index is 0.599. The third-order valence-electron chi connectivity index (χ3n) is 5.42. The summed E-state index contributed by atoms with van der Waals surface area (Å²) in [5, 5.41) is 3.76. The zero-order valence-corrected chi connectivity index (χ0v) is 14.5. The first-order chi connectivity index (χ1) is 11.8. The zero-order chi connectivity index (χ0) is 16.4. The second-order valence-corrected chi connectivity index (χ2v) is 7.20. The van der Waals surface area contributed by atoms with E-state index in [4.69, 9.17) is 0 Å². The highest BCUT2D eigenvalue weighted by atomic mass is 15.1. The molecule has 0 unspecified atom stereocenters. The summed E-state index contributed by atoms with van der Waals surface area (Å²) in [6.07, 6.45) is 3.63. The van der Waals surface area contributed by atoms with Crippen LogP contribution in [-0.4, -0.2) is 37.6 Å². The average molecular weight is 321 g/mol. The fourth-order valence-corrected chi connectivity index (χ4v) is 3.94. The molecule has 0 aromatic heterocycles. The predicted octanol–water partition coefficient (Wildman–Crippen LogP) is 3.76. The highest BCUT2D eigenvalue weighted by Gasteiger charge is 2.20. The molecule has 0 atom stereocenters. The van der Waals surface area contributed by atoms with Crippen molar-refractivity contribution in [1.82, 2.24) is 4.90 Å². The van der Waals surface area contributed by atoms with Crippen LogP contribution in [0, 0.1) is 0 Å². The minimum atomic E-state index is 0.599. The molecular weight excluding hydrogens is 294 g/mol. The lowest BCUT2D eigenvalue weighted by Crippen LogP contribution is -2.38. The van der Waals surface area contributed by atoms with Gasteiger partial charge >= 0.3 is 0 Å². The maximum atomic E-state index is 3.76. The van der Waals surface area contributed by atoms with E-state index in [1.165, 1.54) is 54.9 Å². The molecule has 1 N–H and O–H groups in total. The van der Waals surface area contributed by atoms with Crippen LogP contribution < -0.4 is 10.2 Å². The van der Waals surface area contributed by atoms with Gasteiger partial charge in [0.15, 0.2) is 0 Å². The molecule has 2 aliphatic rings. The van der Waals surface area contributed by atoms with Crippen molar-refractivity contribution in [3.05, 3.63) is 59.7 Å². The van der Waals surface area contributed by atoms with E-state index < -0.39 is 0 Å². The van der Waals surface area contributed by atoms with E-state index >= 15 is 0 Å². The maximum Gasteiger partial charge on any atom is 0.0417 e. The number of hydrogen-bond acceptors (Lipinski definition) is 3. The highest BCUT2D eigenvalue weighted by molar-refractivity contribution is 5.65. The van der Waals surface area contributed by atoms with E-state index in [1.54, 1.807) is 0 Å². The van der Waals surface area contributed by atoms with Crippen molar-refractivity contribution in [1.29, 1.82) is 0 Å². The van der Waals surface area contributed by atoms with E-state index in [0.717, 1.165) is 13.1 Å². The normalized spacial score (nSPS) is 18.6. The molecule has 0 amide bonds. The Morgan fingerprint density at radius 2 is 1.79 bits per heavy atom. The van der Waals surface area contributed by atoms with Crippen LogP contribution in [0.5, 0.6) is 0 Å². The fraction of sp³-hybridized carbons (Fsp3) is 0.429. The summed E-state index contributed by atoms with van der Waals surface area (Å²) in [5.41, 5.74) is 5.59. The van der Waals surface area contributed by atoms with Gasteiger partial charge in [0, 0.05) is 50.6 Å². The first-order valence-corrected chi connectivity index (χ1v) is 9.15. The molecule has 0 aliphatic carbocycles. The summed E-state index contributed by atoms with van der Waals surface area (Å²) >= 11 is 0. The van der Waals surface area contributed by atoms with Crippen molar-refractivity contribution < 1.29 is 0 Å². The summed E-state index contributed by atoms with van der Waals surface area (Å²) in [5.74, 6) is 0. The van der Waals surface area contributed by atoms with E-state index in [0.29, 0.717) is 6.04 Å². The Morgan fingerprint density at radius 3 is 2.58 bits per heavy atom. The summed E-state index contributed by atoms with van der Waals surface area (Å²) in [6, 6.07) is 18.3. The Bertz CT molecular complexity index is 675.